The molecule has 0 spiro atoms. The highest BCUT2D eigenvalue weighted by molar-refractivity contribution is 5.08. The van der Waals surface area contributed by atoms with Gasteiger partial charge in [-0.05, 0) is 30.0 Å². The standard InChI is InChI=1S/C14H22N2O/c17-14(9-12-3-1-2-4-12)11-16-10-13-5-7-15-8-6-13/h5-8,12,14,16-17H,1-4,9-11H2. The summed E-state index contributed by atoms with van der Waals surface area (Å²) in [6.45, 7) is 1.50. The molecule has 1 aliphatic rings. The van der Waals surface area contributed by atoms with Gasteiger partial charge in [0.1, 0.15) is 0 Å². The first-order valence-electron chi connectivity index (χ1n) is 6.62. The summed E-state index contributed by atoms with van der Waals surface area (Å²) in [4.78, 5) is 3.98. The van der Waals surface area contributed by atoms with Crippen LogP contribution in [0.4, 0.5) is 0 Å². The molecular formula is C14H22N2O. The second kappa shape index (κ2) is 6.72. The molecule has 1 aromatic rings. The molecule has 0 amide bonds. The highest BCUT2D eigenvalue weighted by Crippen LogP contribution is 2.28. The van der Waals surface area contributed by atoms with Crippen molar-refractivity contribution in [3.63, 3.8) is 0 Å². The van der Waals surface area contributed by atoms with Crippen LogP contribution in [0.15, 0.2) is 24.5 Å². The van der Waals surface area contributed by atoms with Crippen LogP contribution in [0, 0.1) is 5.92 Å². The maximum Gasteiger partial charge on any atom is 0.0667 e. The number of aliphatic hydroxyl groups excluding tert-OH is 1. The van der Waals surface area contributed by atoms with Crippen LogP contribution >= 0.6 is 0 Å². The van der Waals surface area contributed by atoms with Gasteiger partial charge in [-0.3, -0.25) is 4.98 Å². The third-order valence-electron chi connectivity index (χ3n) is 3.54. The van der Waals surface area contributed by atoms with Gasteiger partial charge in [0.2, 0.25) is 0 Å². The SMILES string of the molecule is OC(CNCc1ccncc1)CC1CCCC1. The van der Waals surface area contributed by atoms with E-state index in [1.54, 1.807) is 12.4 Å². The number of nitrogens with one attached hydrogen (secondary N) is 1. The molecule has 0 radical (unpaired) electrons. The maximum atomic E-state index is 9.91. The van der Waals surface area contributed by atoms with Gasteiger partial charge in [-0.2, -0.15) is 0 Å². The molecule has 1 unspecified atom stereocenters. The molecule has 3 heteroatoms. The van der Waals surface area contributed by atoms with Crippen molar-refractivity contribution in [2.24, 2.45) is 5.92 Å². The lowest BCUT2D eigenvalue weighted by molar-refractivity contribution is 0.140. The van der Waals surface area contributed by atoms with Crippen molar-refractivity contribution in [2.45, 2.75) is 44.8 Å². The molecule has 1 atom stereocenters. The lowest BCUT2D eigenvalue weighted by Crippen LogP contribution is -2.27. The summed E-state index contributed by atoms with van der Waals surface area (Å²) in [6.07, 6.45) is 9.67. The largest absolute Gasteiger partial charge is 0.392 e. The van der Waals surface area contributed by atoms with E-state index in [4.69, 9.17) is 0 Å². The number of pyridine rings is 1. The summed E-state index contributed by atoms with van der Waals surface area (Å²) in [5.74, 6) is 0.757. The summed E-state index contributed by atoms with van der Waals surface area (Å²) in [5, 5.41) is 13.2. The molecule has 17 heavy (non-hydrogen) atoms. The molecule has 1 aliphatic carbocycles. The lowest BCUT2D eigenvalue weighted by Gasteiger charge is -2.15. The quantitative estimate of drug-likeness (QED) is 0.792. The molecule has 2 rings (SSSR count). The zero-order valence-electron chi connectivity index (χ0n) is 10.3. The van der Waals surface area contributed by atoms with E-state index in [1.165, 1.54) is 31.2 Å². The average molecular weight is 234 g/mol. The zero-order chi connectivity index (χ0) is 11.9. The average Bonchev–Trinajstić information content (AvgIpc) is 2.83. The van der Waals surface area contributed by atoms with Crippen molar-refractivity contribution < 1.29 is 5.11 Å². The van der Waals surface area contributed by atoms with Gasteiger partial charge in [0.05, 0.1) is 6.10 Å². The fourth-order valence-corrected chi connectivity index (χ4v) is 2.60. The summed E-state index contributed by atoms with van der Waals surface area (Å²) in [7, 11) is 0. The molecule has 1 fully saturated rings. The number of nitrogens with zero attached hydrogens (tertiary/aromatic N) is 1. The maximum absolute atomic E-state index is 9.91. The second-order valence-corrected chi connectivity index (χ2v) is 5.03. The molecule has 94 valence electrons. The Balaban J connectivity index is 1.61. The first kappa shape index (κ1) is 12.5. The van der Waals surface area contributed by atoms with E-state index in [2.05, 4.69) is 10.3 Å². The first-order chi connectivity index (χ1) is 8.34. The van der Waals surface area contributed by atoms with Gasteiger partial charge >= 0.3 is 0 Å². The van der Waals surface area contributed by atoms with E-state index >= 15 is 0 Å². The Bertz CT molecular complexity index is 309. The fraction of sp³-hybridized carbons (Fsp3) is 0.643. The molecular weight excluding hydrogens is 212 g/mol. The molecule has 0 bridgehead atoms. The molecule has 0 saturated heterocycles. The summed E-state index contributed by atoms with van der Waals surface area (Å²) in [5.41, 5.74) is 1.22. The van der Waals surface area contributed by atoms with E-state index in [-0.39, 0.29) is 6.10 Å². The van der Waals surface area contributed by atoms with Crippen molar-refractivity contribution in [2.75, 3.05) is 6.54 Å². The smallest absolute Gasteiger partial charge is 0.0667 e. The Labute approximate surface area is 103 Å². The number of hydrogen-bond acceptors (Lipinski definition) is 3. The van der Waals surface area contributed by atoms with Gasteiger partial charge in [0.25, 0.3) is 0 Å². The van der Waals surface area contributed by atoms with Crippen molar-refractivity contribution in [1.82, 2.24) is 10.3 Å². The van der Waals surface area contributed by atoms with E-state index in [1.807, 2.05) is 12.1 Å². The van der Waals surface area contributed by atoms with E-state index in [0.29, 0.717) is 6.54 Å². The fourth-order valence-electron chi connectivity index (χ4n) is 2.60. The van der Waals surface area contributed by atoms with Crippen LogP contribution in [0.3, 0.4) is 0 Å². The van der Waals surface area contributed by atoms with Crippen LogP contribution in [-0.2, 0) is 6.54 Å². The van der Waals surface area contributed by atoms with Crippen LogP contribution in [0.1, 0.15) is 37.7 Å². The molecule has 0 aromatic carbocycles. The number of aromatic nitrogens is 1. The minimum atomic E-state index is -0.195. The van der Waals surface area contributed by atoms with Crippen molar-refractivity contribution in [3.05, 3.63) is 30.1 Å². The predicted octanol–water partition coefficient (Wildman–Crippen LogP) is 2.11. The molecule has 1 heterocycles. The monoisotopic (exact) mass is 234 g/mol. The summed E-state index contributed by atoms with van der Waals surface area (Å²) in [6, 6.07) is 3.99. The van der Waals surface area contributed by atoms with Crippen molar-refractivity contribution in [3.8, 4) is 0 Å². The Morgan fingerprint density at radius 1 is 1.29 bits per heavy atom. The second-order valence-electron chi connectivity index (χ2n) is 5.03. The van der Waals surface area contributed by atoms with Gasteiger partial charge in [-0.15, -0.1) is 0 Å². The Morgan fingerprint density at radius 3 is 2.71 bits per heavy atom. The van der Waals surface area contributed by atoms with Gasteiger partial charge in [0, 0.05) is 25.5 Å². The lowest BCUT2D eigenvalue weighted by atomic mass is 10.00. The van der Waals surface area contributed by atoms with E-state index in [0.717, 1.165) is 18.9 Å². The van der Waals surface area contributed by atoms with E-state index < -0.39 is 0 Å². The molecule has 1 saturated carbocycles. The van der Waals surface area contributed by atoms with Gasteiger partial charge in [-0.1, -0.05) is 25.7 Å². The minimum Gasteiger partial charge on any atom is -0.392 e. The third-order valence-corrected chi connectivity index (χ3v) is 3.54. The zero-order valence-corrected chi connectivity index (χ0v) is 10.3. The third kappa shape index (κ3) is 4.44. The summed E-state index contributed by atoms with van der Waals surface area (Å²) < 4.78 is 0. The number of rotatable bonds is 6. The van der Waals surface area contributed by atoms with Gasteiger partial charge in [0.15, 0.2) is 0 Å². The van der Waals surface area contributed by atoms with Crippen LogP contribution in [0.25, 0.3) is 0 Å². The minimum absolute atomic E-state index is 0.195. The topological polar surface area (TPSA) is 45.1 Å². The number of aliphatic hydroxyl groups is 1. The highest BCUT2D eigenvalue weighted by Gasteiger charge is 2.18. The highest BCUT2D eigenvalue weighted by atomic mass is 16.3. The summed E-state index contributed by atoms with van der Waals surface area (Å²) >= 11 is 0. The van der Waals surface area contributed by atoms with Crippen LogP contribution in [-0.4, -0.2) is 22.7 Å². The molecule has 2 N–H and O–H groups in total. The predicted molar refractivity (Wildman–Crippen MR) is 68.5 cm³/mol. The van der Waals surface area contributed by atoms with Crippen LogP contribution in [0.5, 0.6) is 0 Å². The van der Waals surface area contributed by atoms with Gasteiger partial charge in [-0.25, -0.2) is 0 Å². The Morgan fingerprint density at radius 2 is 2.00 bits per heavy atom. The Hall–Kier alpha value is -0.930. The molecule has 1 aromatic heterocycles. The van der Waals surface area contributed by atoms with E-state index in [9.17, 15) is 5.11 Å². The first-order valence-corrected chi connectivity index (χ1v) is 6.62. The van der Waals surface area contributed by atoms with Crippen molar-refractivity contribution in [1.29, 1.82) is 0 Å². The molecule has 3 nitrogen and oxygen atoms in total. The number of hydrogen-bond donors (Lipinski definition) is 2. The van der Waals surface area contributed by atoms with Crippen molar-refractivity contribution >= 4 is 0 Å². The van der Waals surface area contributed by atoms with Crippen LogP contribution < -0.4 is 5.32 Å². The van der Waals surface area contributed by atoms with Gasteiger partial charge < -0.3 is 10.4 Å². The van der Waals surface area contributed by atoms with Crippen LogP contribution in [0.2, 0.25) is 0 Å². The Kier molecular flexibility index (Phi) is 4.95. The normalized spacial score (nSPS) is 18.4. The molecule has 0 aliphatic heterocycles.